The molecule has 2 N–H and O–H groups in total. The van der Waals surface area contributed by atoms with Crippen LogP contribution in [0, 0.1) is 0 Å². The Morgan fingerprint density at radius 3 is 2.87 bits per heavy atom. The van der Waals surface area contributed by atoms with Crippen molar-refractivity contribution >= 4 is 28.8 Å². The molecule has 0 aliphatic rings. The predicted octanol–water partition coefficient (Wildman–Crippen LogP) is 2.18. The van der Waals surface area contributed by atoms with Crippen molar-refractivity contribution in [2.45, 2.75) is 25.8 Å². The zero-order valence-corrected chi connectivity index (χ0v) is 9.90. The van der Waals surface area contributed by atoms with Crippen LogP contribution >= 0.6 is 22.9 Å². The summed E-state index contributed by atoms with van der Waals surface area (Å²) in [7, 11) is 0. The Morgan fingerprint density at radius 1 is 1.47 bits per heavy atom. The maximum Gasteiger partial charge on any atom is 0.220 e. The molecule has 0 spiro atoms. The van der Waals surface area contributed by atoms with E-state index in [1.165, 1.54) is 11.3 Å². The van der Waals surface area contributed by atoms with Gasteiger partial charge in [0.1, 0.15) is 0 Å². The minimum Gasteiger partial charge on any atom is -0.396 e. The first-order valence-electron chi connectivity index (χ1n) is 4.84. The van der Waals surface area contributed by atoms with Crippen LogP contribution < -0.4 is 5.32 Å². The van der Waals surface area contributed by atoms with Gasteiger partial charge in [0.2, 0.25) is 5.91 Å². The van der Waals surface area contributed by atoms with Gasteiger partial charge in [-0.15, -0.1) is 11.3 Å². The van der Waals surface area contributed by atoms with E-state index in [9.17, 15) is 4.79 Å². The molecule has 5 heteroatoms. The average molecular weight is 248 g/mol. The maximum atomic E-state index is 11.3. The van der Waals surface area contributed by atoms with Crippen LogP contribution in [0.4, 0.5) is 0 Å². The van der Waals surface area contributed by atoms with Gasteiger partial charge in [-0.3, -0.25) is 4.79 Å². The molecular formula is C10H14ClNO2S. The molecule has 0 aliphatic carbocycles. The molecule has 0 saturated heterocycles. The number of amides is 1. The third-order valence-corrected chi connectivity index (χ3v) is 3.13. The molecule has 84 valence electrons. The van der Waals surface area contributed by atoms with Crippen molar-refractivity contribution in [1.29, 1.82) is 0 Å². The SMILES string of the molecule is O=C(CCCCO)NCc1ccc(Cl)s1. The molecule has 0 aromatic carbocycles. The van der Waals surface area contributed by atoms with Crippen LogP contribution in [-0.2, 0) is 11.3 Å². The Morgan fingerprint density at radius 2 is 2.27 bits per heavy atom. The van der Waals surface area contributed by atoms with Crippen LogP contribution in [0.15, 0.2) is 12.1 Å². The number of aliphatic hydroxyl groups excluding tert-OH is 1. The lowest BCUT2D eigenvalue weighted by Gasteiger charge is -2.02. The summed E-state index contributed by atoms with van der Waals surface area (Å²) in [5.41, 5.74) is 0. The second kappa shape index (κ2) is 6.82. The minimum atomic E-state index is 0.0213. The van der Waals surface area contributed by atoms with E-state index in [0.717, 1.165) is 15.6 Å². The number of nitrogens with one attached hydrogen (secondary N) is 1. The van der Waals surface area contributed by atoms with Crippen LogP contribution in [0.2, 0.25) is 4.34 Å². The normalized spacial score (nSPS) is 10.3. The molecule has 0 unspecified atom stereocenters. The van der Waals surface area contributed by atoms with Gasteiger partial charge in [-0.1, -0.05) is 11.6 Å². The van der Waals surface area contributed by atoms with Crippen molar-refractivity contribution in [2.75, 3.05) is 6.61 Å². The van der Waals surface area contributed by atoms with Crippen LogP contribution in [-0.4, -0.2) is 17.6 Å². The number of unbranched alkanes of at least 4 members (excludes halogenated alkanes) is 1. The van der Waals surface area contributed by atoms with E-state index < -0.39 is 0 Å². The Labute approximate surface area is 98.1 Å². The quantitative estimate of drug-likeness (QED) is 0.757. The fourth-order valence-electron chi connectivity index (χ4n) is 1.12. The van der Waals surface area contributed by atoms with E-state index in [1.54, 1.807) is 0 Å². The van der Waals surface area contributed by atoms with Gasteiger partial charge >= 0.3 is 0 Å². The number of hydrogen-bond acceptors (Lipinski definition) is 3. The molecular weight excluding hydrogens is 234 g/mol. The van der Waals surface area contributed by atoms with Crippen LogP contribution in [0.1, 0.15) is 24.1 Å². The van der Waals surface area contributed by atoms with E-state index in [-0.39, 0.29) is 12.5 Å². The summed E-state index contributed by atoms with van der Waals surface area (Å²) in [4.78, 5) is 12.3. The van der Waals surface area contributed by atoms with Crippen molar-refractivity contribution in [3.05, 3.63) is 21.3 Å². The summed E-state index contributed by atoms with van der Waals surface area (Å²) in [5, 5.41) is 11.3. The third-order valence-electron chi connectivity index (χ3n) is 1.90. The molecule has 1 amide bonds. The van der Waals surface area contributed by atoms with Gasteiger partial charge in [-0.05, 0) is 25.0 Å². The number of rotatable bonds is 6. The lowest BCUT2D eigenvalue weighted by molar-refractivity contribution is -0.121. The number of aliphatic hydroxyl groups is 1. The third kappa shape index (κ3) is 5.16. The number of halogens is 1. The van der Waals surface area contributed by atoms with Gasteiger partial charge in [0.05, 0.1) is 10.9 Å². The highest BCUT2D eigenvalue weighted by Crippen LogP contribution is 2.20. The van der Waals surface area contributed by atoms with E-state index in [0.29, 0.717) is 19.4 Å². The monoisotopic (exact) mass is 247 g/mol. The molecule has 1 rings (SSSR count). The van der Waals surface area contributed by atoms with Gasteiger partial charge in [0.15, 0.2) is 0 Å². The van der Waals surface area contributed by atoms with Crippen LogP contribution in [0.5, 0.6) is 0 Å². The van der Waals surface area contributed by atoms with Gasteiger partial charge in [0.25, 0.3) is 0 Å². The van der Waals surface area contributed by atoms with Crippen molar-refractivity contribution in [2.24, 2.45) is 0 Å². The van der Waals surface area contributed by atoms with Crippen molar-refractivity contribution in [1.82, 2.24) is 5.32 Å². The molecule has 0 aliphatic heterocycles. The summed E-state index contributed by atoms with van der Waals surface area (Å²) in [6, 6.07) is 3.72. The fraction of sp³-hybridized carbons (Fsp3) is 0.500. The Bertz CT molecular complexity index is 314. The first-order valence-corrected chi connectivity index (χ1v) is 6.03. The van der Waals surface area contributed by atoms with Gasteiger partial charge in [-0.2, -0.15) is 0 Å². The first kappa shape index (κ1) is 12.5. The summed E-state index contributed by atoms with van der Waals surface area (Å²) in [6.07, 6.45) is 1.88. The van der Waals surface area contributed by atoms with Crippen molar-refractivity contribution in [3.8, 4) is 0 Å². The highest BCUT2D eigenvalue weighted by molar-refractivity contribution is 7.16. The molecule has 1 aromatic heterocycles. The molecule has 0 radical (unpaired) electrons. The molecule has 0 bridgehead atoms. The fourth-order valence-corrected chi connectivity index (χ4v) is 2.15. The number of carbonyl (C=O) groups is 1. The van der Waals surface area contributed by atoms with Crippen molar-refractivity contribution in [3.63, 3.8) is 0 Å². The van der Waals surface area contributed by atoms with E-state index >= 15 is 0 Å². The summed E-state index contributed by atoms with van der Waals surface area (Å²) in [6.45, 7) is 0.684. The standard InChI is InChI=1S/C10H14ClNO2S/c11-9-5-4-8(15-9)7-12-10(14)3-1-2-6-13/h4-5,13H,1-3,6-7H2,(H,12,14). The first-order chi connectivity index (χ1) is 7.22. The van der Waals surface area contributed by atoms with Crippen LogP contribution in [0.3, 0.4) is 0 Å². The van der Waals surface area contributed by atoms with Gasteiger partial charge in [-0.25, -0.2) is 0 Å². The van der Waals surface area contributed by atoms with E-state index in [2.05, 4.69) is 5.32 Å². The summed E-state index contributed by atoms with van der Waals surface area (Å²) < 4.78 is 0.736. The molecule has 3 nitrogen and oxygen atoms in total. The summed E-state index contributed by atoms with van der Waals surface area (Å²) >= 11 is 7.22. The molecule has 1 heterocycles. The summed E-state index contributed by atoms with van der Waals surface area (Å²) in [5.74, 6) is 0.0213. The topological polar surface area (TPSA) is 49.3 Å². The zero-order valence-electron chi connectivity index (χ0n) is 8.33. The maximum absolute atomic E-state index is 11.3. The lowest BCUT2D eigenvalue weighted by atomic mass is 10.2. The van der Waals surface area contributed by atoms with E-state index in [1.807, 2.05) is 12.1 Å². The average Bonchev–Trinajstić information content (AvgIpc) is 2.62. The lowest BCUT2D eigenvalue weighted by Crippen LogP contribution is -2.21. The Hall–Kier alpha value is -0.580. The highest BCUT2D eigenvalue weighted by Gasteiger charge is 2.02. The van der Waals surface area contributed by atoms with Gasteiger partial charge < -0.3 is 10.4 Å². The Balaban J connectivity index is 2.16. The molecule has 0 atom stereocenters. The second-order valence-electron chi connectivity index (χ2n) is 3.16. The minimum absolute atomic E-state index is 0.0213. The second-order valence-corrected chi connectivity index (χ2v) is 4.96. The number of carbonyl (C=O) groups excluding carboxylic acids is 1. The smallest absolute Gasteiger partial charge is 0.220 e. The molecule has 0 fully saturated rings. The highest BCUT2D eigenvalue weighted by atomic mass is 35.5. The van der Waals surface area contributed by atoms with Crippen LogP contribution in [0.25, 0.3) is 0 Å². The largest absolute Gasteiger partial charge is 0.396 e. The Kier molecular flexibility index (Phi) is 5.68. The number of hydrogen-bond donors (Lipinski definition) is 2. The zero-order chi connectivity index (χ0) is 11.1. The molecule has 0 saturated carbocycles. The van der Waals surface area contributed by atoms with Gasteiger partial charge in [0, 0.05) is 17.9 Å². The van der Waals surface area contributed by atoms with Crippen molar-refractivity contribution < 1.29 is 9.90 Å². The molecule has 1 aromatic rings. The number of thiophene rings is 1. The van der Waals surface area contributed by atoms with E-state index in [4.69, 9.17) is 16.7 Å². The molecule has 15 heavy (non-hydrogen) atoms. The predicted molar refractivity (Wildman–Crippen MR) is 62.1 cm³/mol.